The predicted molar refractivity (Wildman–Crippen MR) is 102 cm³/mol. The van der Waals surface area contributed by atoms with Crippen LogP contribution in [0.15, 0.2) is 0 Å². The fraction of sp³-hybridized carbons (Fsp3) is 0.905. The van der Waals surface area contributed by atoms with Crippen molar-refractivity contribution in [1.29, 1.82) is 0 Å². The summed E-state index contributed by atoms with van der Waals surface area (Å²) < 4.78 is 0. The number of nitrogens with zero attached hydrogens (tertiary/aromatic N) is 2. The molecule has 1 aliphatic carbocycles. The van der Waals surface area contributed by atoms with Gasteiger partial charge in [-0.25, -0.2) is 0 Å². The lowest BCUT2D eigenvalue weighted by molar-refractivity contribution is -0.136. The topological polar surface area (TPSA) is 40.6 Å². The summed E-state index contributed by atoms with van der Waals surface area (Å²) in [5.41, 5.74) is -0.129. The lowest BCUT2D eigenvalue weighted by Crippen LogP contribution is -2.48. The second kappa shape index (κ2) is 7.38. The first kappa shape index (κ1) is 20.4. The summed E-state index contributed by atoms with van der Waals surface area (Å²) >= 11 is 0. The maximum Gasteiger partial charge on any atom is 0.225 e. The minimum Gasteiger partial charge on any atom is -0.342 e. The molecule has 2 rings (SSSR count). The van der Waals surface area contributed by atoms with E-state index in [9.17, 15) is 9.59 Å². The number of likely N-dealkylation sites (tertiary alicyclic amines) is 1. The van der Waals surface area contributed by atoms with Gasteiger partial charge in [-0.05, 0) is 59.9 Å². The maximum atomic E-state index is 12.9. The van der Waals surface area contributed by atoms with Gasteiger partial charge in [0.2, 0.25) is 5.91 Å². The molecule has 144 valence electrons. The van der Waals surface area contributed by atoms with Crippen LogP contribution >= 0.6 is 0 Å². The van der Waals surface area contributed by atoms with Crippen LogP contribution in [-0.4, -0.2) is 53.2 Å². The summed E-state index contributed by atoms with van der Waals surface area (Å²) in [5, 5.41) is 0. The molecule has 4 nitrogen and oxygen atoms in total. The highest BCUT2D eigenvalue weighted by molar-refractivity contribution is 5.88. The average molecular weight is 351 g/mol. The Labute approximate surface area is 154 Å². The highest BCUT2D eigenvalue weighted by Gasteiger charge is 2.39. The molecule has 0 bridgehead atoms. The van der Waals surface area contributed by atoms with Crippen molar-refractivity contribution in [3.05, 3.63) is 0 Å². The molecule has 0 unspecified atom stereocenters. The number of carbonyl (C=O) groups is 2. The minimum absolute atomic E-state index is 0.0345. The summed E-state index contributed by atoms with van der Waals surface area (Å²) in [6.07, 6.45) is 5.01. The van der Waals surface area contributed by atoms with Crippen LogP contribution in [0.4, 0.5) is 0 Å². The van der Waals surface area contributed by atoms with Crippen molar-refractivity contribution >= 4 is 11.7 Å². The molecule has 2 fully saturated rings. The number of rotatable bonds is 3. The highest BCUT2D eigenvalue weighted by Crippen LogP contribution is 2.33. The Kier molecular flexibility index (Phi) is 6.03. The van der Waals surface area contributed by atoms with Crippen molar-refractivity contribution in [2.24, 2.45) is 17.3 Å². The zero-order valence-corrected chi connectivity index (χ0v) is 17.4. The number of ketones is 1. The van der Waals surface area contributed by atoms with Crippen molar-refractivity contribution in [3.63, 3.8) is 0 Å². The molecular weight excluding hydrogens is 312 g/mol. The monoisotopic (exact) mass is 350 g/mol. The standard InChI is InChI=1S/C21H38N2O2/c1-20(2,3)18(24)16-12-13-23(14-16)19(25)15-8-10-17(11-9-15)22(7)21(4,5)6/h15-17H,8-14H2,1-7H3/t15-,16-,17-/m1/s1. The molecule has 0 aromatic heterocycles. The molecule has 1 atom stereocenters. The quantitative estimate of drug-likeness (QED) is 0.778. The first-order valence-electron chi connectivity index (χ1n) is 9.97. The third-order valence-corrected chi connectivity index (χ3v) is 6.26. The van der Waals surface area contributed by atoms with E-state index in [2.05, 4.69) is 32.7 Å². The van der Waals surface area contributed by atoms with E-state index >= 15 is 0 Å². The summed E-state index contributed by atoms with van der Waals surface area (Å²) in [4.78, 5) is 29.8. The van der Waals surface area contributed by atoms with Crippen LogP contribution in [0.5, 0.6) is 0 Å². The van der Waals surface area contributed by atoms with Crippen molar-refractivity contribution in [1.82, 2.24) is 9.80 Å². The molecule has 0 aromatic rings. The first-order valence-corrected chi connectivity index (χ1v) is 9.97. The van der Waals surface area contributed by atoms with Gasteiger partial charge in [0.05, 0.1) is 0 Å². The molecule has 2 aliphatic rings. The van der Waals surface area contributed by atoms with Crippen LogP contribution in [0.3, 0.4) is 0 Å². The average Bonchev–Trinajstić information content (AvgIpc) is 3.00. The Balaban J connectivity index is 1.86. The van der Waals surface area contributed by atoms with Crippen LogP contribution in [-0.2, 0) is 9.59 Å². The van der Waals surface area contributed by atoms with Gasteiger partial charge in [-0.1, -0.05) is 20.8 Å². The third kappa shape index (κ3) is 4.84. The zero-order chi connectivity index (χ0) is 19.0. The van der Waals surface area contributed by atoms with Crippen molar-refractivity contribution < 1.29 is 9.59 Å². The van der Waals surface area contributed by atoms with Crippen LogP contribution in [0.2, 0.25) is 0 Å². The van der Waals surface area contributed by atoms with Gasteiger partial charge in [-0.15, -0.1) is 0 Å². The van der Waals surface area contributed by atoms with Gasteiger partial charge < -0.3 is 4.90 Å². The second-order valence-corrected chi connectivity index (χ2v) is 10.2. The molecule has 4 heteroatoms. The number of Topliss-reactive ketones (excluding diaryl/α,β-unsaturated/α-hetero) is 1. The smallest absolute Gasteiger partial charge is 0.225 e. The molecule has 0 radical (unpaired) electrons. The summed E-state index contributed by atoms with van der Waals surface area (Å²) in [6.45, 7) is 14.1. The third-order valence-electron chi connectivity index (χ3n) is 6.26. The molecule has 0 spiro atoms. The van der Waals surface area contributed by atoms with Crippen LogP contribution < -0.4 is 0 Å². The molecule has 0 N–H and O–H groups in total. The van der Waals surface area contributed by atoms with Crippen LogP contribution in [0, 0.1) is 17.3 Å². The Morgan fingerprint density at radius 2 is 1.44 bits per heavy atom. The highest BCUT2D eigenvalue weighted by atomic mass is 16.2. The summed E-state index contributed by atoms with van der Waals surface area (Å²) in [6, 6.07) is 0.581. The van der Waals surface area contributed by atoms with E-state index in [1.54, 1.807) is 0 Å². The van der Waals surface area contributed by atoms with Gasteiger partial charge in [0.15, 0.2) is 0 Å². The Morgan fingerprint density at radius 1 is 0.880 bits per heavy atom. The fourth-order valence-corrected chi connectivity index (χ4v) is 4.30. The summed E-state index contributed by atoms with van der Waals surface area (Å²) in [5.74, 6) is 0.791. The van der Waals surface area contributed by atoms with E-state index in [-0.39, 0.29) is 22.8 Å². The SMILES string of the molecule is CN([C@H]1CC[C@H](C(=O)N2CC[C@@H](C(=O)C(C)(C)C)C2)CC1)C(C)(C)C. The predicted octanol–water partition coefficient (Wildman–Crippen LogP) is 3.74. The van der Waals surface area contributed by atoms with E-state index in [0.29, 0.717) is 24.3 Å². The second-order valence-electron chi connectivity index (χ2n) is 10.2. The van der Waals surface area contributed by atoms with E-state index in [4.69, 9.17) is 0 Å². The molecule has 1 amide bonds. The molecule has 1 heterocycles. The summed E-state index contributed by atoms with van der Waals surface area (Å²) in [7, 11) is 2.20. The van der Waals surface area contributed by atoms with Gasteiger partial charge in [0.25, 0.3) is 0 Å². The van der Waals surface area contributed by atoms with Gasteiger partial charge in [0.1, 0.15) is 5.78 Å². The molecule has 1 saturated heterocycles. The first-order chi connectivity index (χ1) is 11.4. The number of hydrogen-bond donors (Lipinski definition) is 0. The van der Waals surface area contributed by atoms with E-state index in [0.717, 1.165) is 38.6 Å². The zero-order valence-electron chi connectivity index (χ0n) is 17.4. The number of carbonyl (C=O) groups excluding carboxylic acids is 2. The maximum absolute atomic E-state index is 12.9. The minimum atomic E-state index is -0.306. The van der Waals surface area contributed by atoms with Gasteiger partial charge in [0, 0.05) is 41.9 Å². The Hall–Kier alpha value is -0.900. The van der Waals surface area contributed by atoms with Crippen molar-refractivity contribution in [2.45, 2.75) is 85.2 Å². The largest absolute Gasteiger partial charge is 0.342 e. The molecule has 1 saturated carbocycles. The number of amides is 1. The molecule has 25 heavy (non-hydrogen) atoms. The van der Waals surface area contributed by atoms with Crippen molar-refractivity contribution in [3.8, 4) is 0 Å². The van der Waals surface area contributed by atoms with Gasteiger partial charge >= 0.3 is 0 Å². The molecule has 1 aliphatic heterocycles. The molecule has 0 aromatic carbocycles. The Morgan fingerprint density at radius 3 is 1.92 bits per heavy atom. The molecular formula is C21H38N2O2. The Bertz CT molecular complexity index is 493. The van der Waals surface area contributed by atoms with Crippen LogP contribution in [0.1, 0.15) is 73.6 Å². The normalized spacial score (nSPS) is 28.5. The van der Waals surface area contributed by atoms with Gasteiger partial charge in [-0.3, -0.25) is 14.5 Å². The van der Waals surface area contributed by atoms with E-state index in [1.165, 1.54) is 0 Å². The lowest BCUT2D eigenvalue weighted by atomic mass is 9.82. The van der Waals surface area contributed by atoms with Crippen molar-refractivity contribution in [2.75, 3.05) is 20.1 Å². The van der Waals surface area contributed by atoms with Crippen LogP contribution in [0.25, 0.3) is 0 Å². The fourth-order valence-electron chi connectivity index (χ4n) is 4.30. The van der Waals surface area contributed by atoms with E-state index in [1.807, 2.05) is 25.7 Å². The lowest BCUT2D eigenvalue weighted by Gasteiger charge is -2.42. The van der Waals surface area contributed by atoms with Gasteiger partial charge in [-0.2, -0.15) is 0 Å². The number of hydrogen-bond acceptors (Lipinski definition) is 3. The van der Waals surface area contributed by atoms with E-state index < -0.39 is 0 Å².